The SMILES string of the molecule is CCCCCCCCCCCCSc1ccc(C(=O)Nc2cc(C(=S)NCCSC)ccc2C)cc1. The molecule has 0 saturated carbocycles. The molecule has 2 aromatic carbocycles. The Morgan fingerprint density at radius 1 is 0.833 bits per heavy atom. The molecule has 6 heteroatoms. The number of nitrogens with one attached hydrogen (secondary N) is 2. The van der Waals surface area contributed by atoms with Crippen LogP contribution >= 0.6 is 35.7 Å². The molecule has 0 aliphatic rings. The second kappa shape index (κ2) is 18.7. The van der Waals surface area contributed by atoms with Crippen molar-refractivity contribution in [3.63, 3.8) is 0 Å². The molecule has 0 radical (unpaired) electrons. The second-order valence-electron chi connectivity index (χ2n) is 9.29. The number of thiocarbonyl (C=S) groups is 1. The Morgan fingerprint density at radius 3 is 2.08 bits per heavy atom. The van der Waals surface area contributed by atoms with Gasteiger partial charge in [0.2, 0.25) is 0 Å². The van der Waals surface area contributed by atoms with Crippen molar-refractivity contribution in [2.45, 2.75) is 83.0 Å². The summed E-state index contributed by atoms with van der Waals surface area (Å²) in [5.74, 6) is 2.05. The molecule has 36 heavy (non-hydrogen) atoms. The first-order chi connectivity index (χ1) is 17.5. The van der Waals surface area contributed by atoms with Gasteiger partial charge in [-0.1, -0.05) is 89.1 Å². The molecule has 0 aromatic heterocycles. The largest absolute Gasteiger partial charge is 0.375 e. The van der Waals surface area contributed by atoms with Crippen molar-refractivity contribution in [2.75, 3.05) is 29.6 Å². The van der Waals surface area contributed by atoms with Gasteiger partial charge in [-0.25, -0.2) is 0 Å². The van der Waals surface area contributed by atoms with Crippen molar-refractivity contribution in [3.8, 4) is 0 Å². The molecule has 0 saturated heterocycles. The summed E-state index contributed by atoms with van der Waals surface area (Å²) in [5, 5.41) is 6.34. The van der Waals surface area contributed by atoms with Gasteiger partial charge in [-0.15, -0.1) is 11.8 Å². The van der Waals surface area contributed by atoms with Crippen molar-refractivity contribution in [3.05, 3.63) is 59.2 Å². The first-order valence-electron chi connectivity index (χ1n) is 13.5. The average molecular weight is 545 g/mol. The van der Waals surface area contributed by atoms with E-state index in [1.807, 2.05) is 49.0 Å². The van der Waals surface area contributed by atoms with E-state index in [2.05, 4.69) is 35.9 Å². The van der Waals surface area contributed by atoms with Gasteiger partial charge in [0.05, 0.1) is 0 Å². The topological polar surface area (TPSA) is 41.1 Å². The standard InChI is InChI=1S/C30H44N2OS3/c1-4-5-6-7-8-9-10-11-12-13-21-36-27-18-16-25(17-19-27)29(33)32-28-23-26(15-14-24(28)2)30(34)31-20-22-35-3/h14-19,23H,4-13,20-22H2,1-3H3,(H,31,34)(H,32,33). The number of carbonyl (C=O) groups is 1. The van der Waals surface area contributed by atoms with Gasteiger partial charge in [-0.3, -0.25) is 4.79 Å². The van der Waals surface area contributed by atoms with Crippen LogP contribution in [0.5, 0.6) is 0 Å². The fraction of sp³-hybridized carbons (Fsp3) is 0.533. The molecule has 0 fully saturated rings. The minimum absolute atomic E-state index is 0.0947. The lowest BCUT2D eigenvalue weighted by atomic mass is 10.1. The molecule has 0 spiro atoms. The minimum Gasteiger partial charge on any atom is -0.375 e. The highest BCUT2D eigenvalue weighted by molar-refractivity contribution is 7.99. The van der Waals surface area contributed by atoms with E-state index in [-0.39, 0.29) is 5.91 Å². The van der Waals surface area contributed by atoms with E-state index >= 15 is 0 Å². The Balaban J connectivity index is 1.72. The first-order valence-corrected chi connectivity index (χ1v) is 16.3. The zero-order valence-corrected chi connectivity index (χ0v) is 24.8. The summed E-state index contributed by atoms with van der Waals surface area (Å²) < 4.78 is 0. The molecule has 2 N–H and O–H groups in total. The number of aryl methyl sites for hydroxylation is 1. The molecule has 198 valence electrons. The first kappa shape index (κ1) is 30.7. The summed E-state index contributed by atoms with van der Waals surface area (Å²) in [6, 6.07) is 13.9. The summed E-state index contributed by atoms with van der Waals surface area (Å²) in [5.41, 5.74) is 3.41. The van der Waals surface area contributed by atoms with Crippen LogP contribution in [-0.2, 0) is 0 Å². The summed E-state index contributed by atoms with van der Waals surface area (Å²) in [6.45, 7) is 5.10. The van der Waals surface area contributed by atoms with Crippen LogP contribution in [0, 0.1) is 6.92 Å². The summed E-state index contributed by atoms with van der Waals surface area (Å²) in [4.78, 5) is 14.8. The highest BCUT2D eigenvalue weighted by Crippen LogP contribution is 2.22. The Labute approximate surface area is 233 Å². The third-order valence-electron chi connectivity index (χ3n) is 6.22. The zero-order chi connectivity index (χ0) is 26.0. The van der Waals surface area contributed by atoms with Gasteiger partial charge in [0.1, 0.15) is 4.99 Å². The smallest absolute Gasteiger partial charge is 0.255 e. The van der Waals surface area contributed by atoms with Crippen LogP contribution in [0.4, 0.5) is 5.69 Å². The number of benzene rings is 2. The second-order valence-corrected chi connectivity index (χ2v) is 11.8. The van der Waals surface area contributed by atoms with Gasteiger partial charge in [0.15, 0.2) is 0 Å². The van der Waals surface area contributed by atoms with E-state index in [1.54, 1.807) is 11.8 Å². The average Bonchev–Trinajstić information content (AvgIpc) is 2.89. The predicted octanol–water partition coefficient (Wildman–Crippen LogP) is 8.89. The van der Waals surface area contributed by atoms with Gasteiger partial charge < -0.3 is 10.6 Å². The molecule has 0 aliphatic carbocycles. The maximum Gasteiger partial charge on any atom is 0.255 e. The van der Waals surface area contributed by atoms with Crippen molar-refractivity contribution >= 4 is 52.3 Å². The van der Waals surface area contributed by atoms with Gasteiger partial charge in [0, 0.05) is 34.0 Å². The van der Waals surface area contributed by atoms with E-state index in [4.69, 9.17) is 12.2 Å². The minimum atomic E-state index is -0.0947. The number of thioether (sulfide) groups is 2. The Hall–Kier alpha value is -1.50. The molecule has 2 rings (SSSR count). The molecule has 0 unspecified atom stereocenters. The third-order valence-corrected chi connectivity index (χ3v) is 8.31. The van der Waals surface area contributed by atoms with E-state index < -0.39 is 0 Å². The van der Waals surface area contributed by atoms with Crippen LogP contribution in [0.2, 0.25) is 0 Å². The van der Waals surface area contributed by atoms with Crippen molar-refractivity contribution in [1.29, 1.82) is 0 Å². The van der Waals surface area contributed by atoms with E-state index in [1.165, 1.54) is 69.1 Å². The van der Waals surface area contributed by atoms with E-state index in [0.717, 1.165) is 34.9 Å². The number of hydrogen-bond acceptors (Lipinski definition) is 4. The highest BCUT2D eigenvalue weighted by Gasteiger charge is 2.10. The van der Waals surface area contributed by atoms with Crippen molar-refractivity contribution in [2.24, 2.45) is 0 Å². The summed E-state index contributed by atoms with van der Waals surface area (Å²) >= 11 is 9.18. The quantitative estimate of drug-likeness (QED) is 0.111. The van der Waals surface area contributed by atoms with Crippen molar-refractivity contribution < 1.29 is 4.79 Å². The van der Waals surface area contributed by atoms with Gasteiger partial charge in [0.25, 0.3) is 5.91 Å². The Morgan fingerprint density at radius 2 is 1.44 bits per heavy atom. The van der Waals surface area contributed by atoms with Gasteiger partial charge in [-0.2, -0.15) is 11.8 Å². The van der Waals surface area contributed by atoms with Gasteiger partial charge >= 0.3 is 0 Å². The number of carbonyl (C=O) groups excluding carboxylic acids is 1. The molecule has 3 nitrogen and oxygen atoms in total. The van der Waals surface area contributed by atoms with Crippen LogP contribution in [0.1, 0.15) is 92.6 Å². The number of unbranched alkanes of at least 4 members (excludes halogenated alkanes) is 9. The number of anilines is 1. The van der Waals surface area contributed by atoms with Crippen LogP contribution in [0.3, 0.4) is 0 Å². The third kappa shape index (κ3) is 12.2. The maximum absolute atomic E-state index is 12.9. The number of rotatable bonds is 18. The number of hydrogen-bond donors (Lipinski definition) is 2. The van der Waals surface area contributed by atoms with Crippen molar-refractivity contribution in [1.82, 2.24) is 5.32 Å². The van der Waals surface area contributed by atoms with Crippen LogP contribution < -0.4 is 10.6 Å². The zero-order valence-electron chi connectivity index (χ0n) is 22.4. The van der Waals surface area contributed by atoms with Crippen LogP contribution in [-0.4, -0.2) is 35.2 Å². The maximum atomic E-state index is 12.9. The highest BCUT2D eigenvalue weighted by atomic mass is 32.2. The predicted molar refractivity (Wildman–Crippen MR) is 166 cm³/mol. The normalized spacial score (nSPS) is 10.9. The molecule has 2 aromatic rings. The summed E-state index contributed by atoms with van der Waals surface area (Å²) in [6.07, 6.45) is 15.7. The van der Waals surface area contributed by atoms with Crippen LogP contribution in [0.15, 0.2) is 47.4 Å². The molecule has 0 bridgehead atoms. The number of amides is 1. The molecule has 0 heterocycles. The van der Waals surface area contributed by atoms with Gasteiger partial charge in [-0.05, 0) is 61.2 Å². The lowest BCUT2D eigenvalue weighted by molar-refractivity contribution is 0.102. The molecule has 1 amide bonds. The van der Waals surface area contributed by atoms with Crippen LogP contribution in [0.25, 0.3) is 0 Å². The Bertz CT molecular complexity index is 915. The lowest BCUT2D eigenvalue weighted by Gasteiger charge is -2.13. The fourth-order valence-electron chi connectivity index (χ4n) is 3.94. The molecule has 0 aliphatic heterocycles. The van der Waals surface area contributed by atoms with E-state index in [0.29, 0.717) is 10.6 Å². The van der Waals surface area contributed by atoms with E-state index in [9.17, 15) is 4.79 Å². The lowest BCUT2D eigenvalue weighted by Crippen LogP contribution is -2.25. The molecular weight excluding hydrogens is 501 g/mol. The monoisotopic (exact) mass is 544 g/mol. The summed E-state index contributed by atoms with van der Waals surface area (Å²) in [7, 11) is 0. The molecule has 0 atom stereocenters. The fourth-order valence-corrected chi connectivity index (χ4v) is 5.39. The Kier molecular flexibility index (Phi) is 16.0. The molecular formula is C30H44N2OS3.